The van der Waals surface area contributed by atoms with Gasteiger partial charge in [0.25, 0.3) is 5.91 Å². The molecule has 1 amide bonds. The van der Waals surface area contributed by atoms with Crippen LogP contribution in [0.1, 0.15) is 29.8 Å². The van der Waals surface area contributed by atoms with E-state index in [1.165, 1.54) is 0 Å². The fraction of sp³-hybridized carbons (Fsp3) is 0.235. The monoisotopic (exact) mass is 284 g/mol. The molecule has 4 nitrogen and oxygen atoms in total. The van der Waals surface area contributed by atoms with Crippen molar-refractivity contribution in [3.8, 4) is 5.75 Å². The number of benzene rings is 2. The predicted molar refractivity (Wildman–Crippen MR) is 85.8 cm³/mol. The minimum Gasteiger partial charge on any atom is -0.489 e. The van der Waals surface area contributed by atoms with Crippen molar-refractivity contribution in [3.05, 3.63) is 53.6 Å². The van der Waals surface area contributed by atoms with E-state index in [0.29, 0.717) is 22.7 Å². The Morgan fingerprint density at radius 3 is 2.57 bits per heavy atom. The number of ether oxygens (including phenoxy) is 1. The first-order valence-electron chi connectivity index (χ1n) is 6.91. The summed E-state index contributed by atoms with van der Waals surface area (Å²) in [4.78, 5) is 12.4. The third-order valence-electron chi connectivity index (χ3n) is 3.12. The maximum absolute atomic E-state index is 12.4. The molecule has 0 aliphatic heterocycles. The quantitative estimate of drug-likeness (QED) is 0.843. The Hall–Kier alpha value is -2.49. The Morgan fingerprint density at radius 1 is 1.14 bits per heavy atom. The van der Waals surface area contributed by atoms with Crippen LogP contribution in [-0.4, -0.2) is 12.0 Å². The third kappa shape index (κ3) is 3.54. The number of anilines is 2. The van der Waals surface area contributed by atoms with Gasteiger partial charge < -0.3 is 15.8 Å². The topological polar surface area (TPSA) is 64.4 Å². The molecule has 2 rings (SSSR count). The number of carbonyl (C=O) groups excluding carboxylic acids is 1. The smallest absolute Gasteiger partial charge is 0.256 e. The highest BCUT2D eigenvalue weighted by Crippen LogP contribution is 2.26. The highest BCUT2D eigenvalue weighted by molar-refractivity contribution is 6.06. The van der Waals surface area contributed by atoms with Gasteiger partial charge in [0, 0.05) is 11.3 Å². The number of carbonyl (C=O) groups is 1. The highest BCUT2D eigenvalue weighted by atomic mass is 16.5. The first-order chi connectivity index (χ1) is 9.99. The van der Waals surface area contributed by atoms with E-state index >= 15 is 0 Å². The summed E-state index contributed by atoms with van der Waals surface area (Å²) in [5.41, 5.74) is 8.44. The van der Waals surface area contributed by atoms with Crippen LogP contribution in [0, 0.1) is 6.92 Å². The van der Waals surface area contributed by atoms with Gasteiger partial charge in [-0.05, 0) is 50.6 Å². The summed E-state index contributed by atoms with van der Waals surface area (Å²) in [6, 6.07) is 12.7. The van der Waals surface area contributed by atoms with Crippen molar-refractivity contribution < 1.29 is 9.53 Å². The van der Waals surface area contributed by atoms with E-state index < -0.39 is 0 Å². The number of rotatable bonds is 4. The largest absolute Gasteiger partial charge is 0.489 e. The van der Waals surface area contributed by atoms with Crippen LogP contribution in [0.2, 0.25) is 0 Å². The number of hydrogen-bond acceptors (Lipinski definition) is 3. The Balaban J connectivity index is 2.26. The van der Waals surface area contributed by atoms with E-state index in [1.807, 2.05) is 45.0 Å². The van der Waals surface area contributed by atoms with Crippen molar-refractivity contribution in [2.45, 2.75) is 26.9 Å². The first-order valence-corrected chi connectivity index (χ1v) is 6.91. The summed E-state index contributed by atoms with van der Waals surface area (Å²) in [6.07, 6.45) is 0.0390. The number of amides is 1. The molecule has 0 spiro atoms. The van der Waals surface area contributed by atoms with E-state index in [0.717, 1.165) is 5.56 Å². The first kappa shape index (κ1) is 14.9. The fourth-order valence-electron chi connectivity index (χ4n) is 2.02. The number of nitrogens with one attached hydrogen (secondary N) is 1. The van der Waals surface area contributed by atoms with Gasteiger partial charge in [0.05, 0.1) is 11.8 Å². The maximum Gasteiger partial charge on any atom is 0.256 e. The Kier molecular flexibility index (Phi) is 4.48. The average molecular weight is 284 g/mol. The van der Waals surface area contributed by atoms with Crippen LogP contribution < -0.4 is 15.8 Å². The van der Waals surface area contributed by atoms with Crippen LogP contribution in [0.5, 0.6) is 5.75 Å². The lowest BCUT2D eigenvalue weighted by molar-refractivity contribution is 0.102. The molecule has 0 aliphatic rings. The molecule has 0 fully saturated rings. The molecule has 21 heavy (non-hydrogen) atoms. The van der Waals surface area contributed by atoms with Gasteiger partial charge >= 0.3 is 0 Å². The summed E-state index contributed by atoms with van der Waals surface area (Å²) < 4.78 is 5.70. The van der Waals surface area contributed by atoms with Gasteiger partial charge in [0.15, 0.2) is 0 Å². The third-order valence-corrected chi connectivity index (χ3v) is 3.12. The van der Waals surface area contributed by atoms with E-state index in [2.05, 4.69) is 5.32 Å². The highest BCUT2D eigenvalue weighted by Gasteiger charge is 2.13. The average Bonchev–Trinajstić information content (AvgIpc) is 2.43. The molecule has 0 saturated heterocycles. The van der Waals surface area contributed by atoms with Crippen LogP contribution in [0.25, 0.3) is 0 Å². The molecule has 3 N–H and O–H groups in total. The summed E-state index contributed by atoms with van der Waals surface area (Å²) in [5, 5.41) is 2.88. The molecule has 0 radical (unpaired) electrons. The summed E-state index contributed by atoms with van der Waals surface area (Å²) in [7, 11) is 0. The predicted octanol–water partition coefficient (Wildman–Crippen LogP) is 3.62. The molecule has 0 bridgehead atoms. The lowest BCUT2D eigenvalue weighted by Crippen LogP contribution is -2.16. The standard InChI is InChI=1S/C17H20N2O2/c1-11(2)21-16-10-5-4-9-15(16)19-17(20)13-7-6-8-14(18)12(13)3/h4-11H,18H2,1-3H3,(H,19,20). The van der Waals surface area contributed by atoms with Crippen molar-refractivity contribution in [2.75, 3.05) is 11.1 Å². The van der Waals surface area contributed by atoms with Crippen molar-refractivity contribution in [1.82, 2.24) is 0 Å². The Morgan fingerprint density at radius 2 is 1.86 bits per heavy atom. The Bertz CT molecular complexity index is 651. The van der Waals surface area contributed by atoms with Gasteiger partial charge in [-0.3, -0.25) is 4.79 Å². The minimum absolute atomic E-state index is 0.0390. The molecular weight excluding hydrogens is 264 g/mol. The summed E-state index contributed by atoms with van der Waals surface area (Å²) in [6.45, 7) is 5.72. The zero-order chi connectivity index (χ0) is 15.4. The maximum atomic E-state index is 12.4. The van der Waals surface area contributed by atoms with Gasteiger partial charge in [-0.25, -0.2) is 0 Å². The lowest BCUT2D eigenvalue weighted by Gasteiger charge is -2.15. The second-order valence-electron chi connectivity index (χ2n) is 5.14. The van der Waals surface area contributed by atoms with Gasteiger partial charge in [-0.2, -0.15) is 0 Å². The second kappa shape index (κ2) is 6.31. The van der Waals surface area contributed by atoms with Crippen LogP contribution in [0.4, 0.5) is 11.4 Å². The summed E-state index contributed by atoms with van der Waals surface area (Å²) in [5.74, 6) is 0.460. The van der Waals surface area contributed by atoms with E-state index in [9.17, 15) is 4.79 Å². The number of para-hydroxylation sites is 2. The molecule has 0 unspecified atom stereocenters. The number of hydrogen-bond donors (Lipinski definition) is 2. The molecular formula is C17H20N2O2. The zero-order valence-corrected chi connectivity index (χ0v) is 12.5. The van der Waals surface area contributed by atoms with E-state index in [4.69, 9.17) is 10.5 Å². The Labute approximate surface area is 124 Å². The zero-order valence-electron chi connectivity index (χ0n) is 12.5. The summed E-state index contributed by atoms with van der Waals surface area (Å²) >= 11 is 0. The fourth-order valence-corrected chi connectivity index (χ4v) is 2.02. The van der Waals surface area contributed by atoms with Crippen molar-refractivity contribution in [1.29, 1.82) is 0 Å². The lowest BCUT2D eigenvalue weighted by atomic mass is 10.1. The molecule has 0 aromatic heterocycles. The van der Waals surface area contributed by atoms with Crippen molar-refractivity contribution >= 4 is 17.3 Å². The van der Waals surface area contributed by atoms with Crippen LogP contribution in [0.3, 0.4) is 0 Å². The van der Waals surface area contributed by atoms with E-state index in [1.54, 1.807) is 18.2 Å². The normalized spacial score (nSPS) is 10.5. The van der Waals surface area contributed by atoms with Gasteiger partial charge in [-0.15, -0.1) is 0 Å². The number of nitrogen functional groups attached to an aromatic ring is 1. The van der Waals surface area contributed by atoms with Crippen molar-refractivity contribution in [3.63, 3.8) is 0 Å². The van der Waals surface area contributed by atoms with Crippen molar-refractivity contribution in [2.24, 2.45) is 0 Å². The molecule has 110 valence electrons. The molecule has 4 heteroatoms. The second-order valence-corrected chi connectivity index (χ2v) is 5.14. The van der Waals surface area contributed by atoms with Crippen LogP contribution >= 0.6 is 0 Å². The van der Waals surface area contributed by atoms with Gasteiger partial charge in [0.1, 0.15) is 5.75 Å². The molecule has 0 heterocycles. The molecule has 2 aromatic rings. The number of nitrogens with two attached hydrogens (primary N) is 1. The molecule has 0 saturated carbocycles. The SMILES string of the molecule is Cc1c(N)cccc1C(=O)Nc1ccccc1OC(C)C. The minimum atomic E-state index is -0.195. The van der Waals surface area contributed by atoms with Gasteiger partial charge in [0.2, 0.25) is 0 Å². The van der Waals surface area contributed by atoms with Crippen LogP contribution in [0.15, 0.2) is 42.5 Å². The van der Waals surface area contributed by atoms with Gasteiger partial charge in [-0.1, -0.05) is 18.2 Å². The molecule has 0 atom stereocenters. The van der Waals surface area contributed by atoms with E-state index in [-0.39, 0.29) is 12.0 Å². The molecule has 2 aromatic carbocycles. The van der Waals surface area contributed by atoms with Crippen LogP contribution in [-0.2, 0) is 0 Å². The molecule has 0 aliphatic carbocycles.